The van der Waals surface area contributed by atoms with Crippen LogP contribution in [0, 0.1) is 17.0 Å². The van der Waals surface area contributed by atoms with Gasteiger partial charge in [0.1, 0.15) is 0 Å². The van der Waals surface area contributed by atoms with Crippen molar-refractivity contribution in [3.05, 3.63) is 52.3 Å². The topological polar surface area (TPSA) is 94.1 Å². The second-order valence-corrected chi connectivity index (χ2v) is 3.85. The second kappa shape index (κ2) is 4.70. The molecule has 0 bridgehead atoms. The molecule has 6 heteroatoms. The maximum Gasteiger partial charge on any atom is 0.274 e. The maximum atomic E-state index is 10.8. The van der Waals surface area contributed by atoms with Gasteiger partial charge in [0.15, 0.2) is 0 Å². The summed E-state index contributed by atoms with van der Waals surface area (Å²) in [5.41, 5.74) is 8.20. The Morgan fingerprint density at radius 3 is 2.83 bits per heavy atom. The van der Waals surface area contributed by atoms with Crippen molar-refractivity contribution in [2.45, 2.75) is 6.92 Å². The molecule has 0 unspecified atom stereocenters. The average molecular weight is 244 g/mol. The molecule has 0 radical (unpaired) electrons. The molecule has 0 aliphatic heterocycles. The molecule has 1 heterocycles. The van der Waals surface area contributed by atoms with Crippen molar-refractivity contribution in [1.82, 2.24) is 4.98 Å². The first kappa shape index (κ1) is 11.8. The Kier molecular flexibility index (Phi) is 3.09. The minimum Gasteiger partial charge on any atom is -0.396 e. The molecule has 0 atom stereocenters. The van der Waals surface area contributed by atoms with E-state index in [4.69, 9.17) is 5.73 Å². The van der Waals surface area contributed by atoms with E-state index in [1.54, 1.807) is 31.3 Å². The smallest absolute Gasteiger partial charge is 0.274 e. The van der Waals surface area contributed by atoms with Crippen molar-refractivity contribution in [2.24, 2.45) is 0 Å². The fourth-order valence-corrected chi connectivity index (χ4v) is 1.56. The fourth-order valence-electron chi connectivity index (χ4n) is 1.56. The zero-order chi connectivity index (χ0) is 13.1. The van der Waals surface area contributed by atoms with Gasteiger partial charge in [0.25, 0.3) is 5.69 Å². The number of hydrogen-bond acceptors (Lipinski definition) is 5. The summed E-state index contributed by atoms with van der Waals surface area (Å²) in [7, 11) is 0. The number of rotatable bonds is 3. The van der Waals surface area contributed by atoms with Crippen LogP contribution >= 0.6 is 0 Å². The van der Waals surface area contributed by atoms with E-state index in [-0.39, 0.29) is 5.69 Å². The van der Waals surface area contributed by atoms with Gasteiger partial charge in [-0.15, -0.1) is 0 Å². The van der Waals surface area contributed by atoms with Crippen molar-refractivity contribution in [2.75, 3.05) is 11.1 Å². The highest BCUT2D eigenvalue weighted by molar-refractivity contribution is 5.72. The normalized spacial score (nSPS) is 10.1. The van der Waals surface area contributed by atoms with Crippen molar-refractivity contribution in [3.8, 4) is 0 Å². The Labute approximate surface area is 104 Å². The molecule has 1 aromatic carbocycles. The molecule has 6 nitrogen and oxygen atoms in total. The van der Waals surface area contributed by atoms with Gasteiger partial charge < -0.3 is 11.1 Å². The number of anilines is 3. The van der Waals surface area contributed by atoms with E-state index in [1.807, 2.05) is 0 Å². The van der Waals surface area contributed by atoms with Gasteiger partial charge in [-0.1, -0.05) is 6.07 Å². The van der Waals surface area contributed by atoms with Gasteiger partial charge in [-0.25, -0.2) is 0 Å². The van der Waals surface area contributed by atoms with Crippen LogP contribution < -0.4 is 11.1 Å². The molecule has 0 spiro atoms. The van der Waals surface area contributed by atoms with Crippen LogP contribution in [0.15, 0.2) is 36.7 Å². The van der Waals surface area contributed by atoms with Crippen LogP contribution in [0.3, 0.4) is 0 Å². The molecular formula is C12H12N4O2. The molecule has 0 aliphatic rings. The quantitative estimate of drug-likeness (QED) is 0.639. The predicted octanol–water partition coefficient (Wildman–Crippen LogP) is 2.62. The van der Waals surface area contributed by atoms with Gasteiger partial charge in [0, 0.05) is 23.5 Å². The Morgan fingerprint density at radius 1 is 1.39 bits per heavy atom. The first-order chi connectivity index (χ1) is 8.58. The number of nitro groups is 1. The standard InChI is InChI=1S/C12H12N4O2/c1-8-2-3-9(6-12(8)16(17)18)15-11-4-5-14-7-10(11)13/h2-7H,13H2,1H3,(H,14,15). The number of aromatic nitrogens is 1. The van der Waals surface area contributed by atoms with Crippen LogP contribution in [0.25, 0.3) is 0 Å². The number of nitro benzene ring substituents is 1. The third-order valence-corrected chi connectivity index (χ3v) is 2.54. The molecule has 0 saturated heterocycles. The Balaban J connectivity index is 2.33. The largest absolute Gasteiger partial charge is 0.396 e. The van der Waals surface area contributed by atoms with Crippen molar-refractivity contribution >= 4 is 22.7 Å². The number of aryl methyl sites for hydroxylation is 1. The average Bonchev–Trinajstić information content (AvgIpc) is 2.34. The summed E-state index contributed by atoms with van der Waals surface area (Å²) < 4.78 is 0. The number of hydrogen-bond donors (Lipinski definition) is 2. The van der Waals surface area contributed by atoms with E-state index in [0.29, 0.717) is 22.6 Å². The molecule has 2 rings (SSSR count). The van der Waals surface area contributed by atoms with Crippen LogP contribution in [-0.4, -0.2) is 9.91 Å². The van der Waals surface area contributed by atoms with Gasteiger partial charge in [-0.2, -0.15) is 0 Å². The summed E-state index contributed by atoms with van der Waals surface area (Å²) in [6.07, 6.45) is 3.12. The number of nitrogens with one attached hydrogen (secondary N) is 1. The highest BCUT2D eigenvalue weighted by Crippen LogP contribution is 2.26. The molecule has 0 saturated carbocycles. The number of nitrogen functional groups attached to an aromatic ring is 1. The lowest BCUT2D eigenvalue weighted by Crippen LogP contribution is -1.98. The number of nitrogens with two attached hydrogens (primary N) is 1. The van der Waals surface area contributed by atoms with Gasteiger partial charge in [-0.05, 0) is 19.1 Å². The second-order valence-electron chi connectivity index (χ2n) is 3.85. The van der Waals surface area contributed by atoms with Gasteiger partial charge in [-0.3, -0.25) is 15.1 Å². The van der Waals surface area contributed by atoms with Crippen LogP contribution in [0.4, 0.5) is 22.7 Å². The summed E-state index contributed by atoms with van der Waals surface area (Å²) in [4.78, 5) is 14.3. The number of pyridine rings is 1. The van der Waals surface area contributed by atoms with Gasteiger partial charge in [0.05, 0.1) is 22.5 Å². The summed E-state index contributed by atoms with van der Waals surface area (Å²) in [6.45, 7) is 1.70. The molecule has 92 valence electrons. The zero-order valence-corrected chi connectivity index (χ0v) is 9.75. The first-order valence-electron chi connectivity index (χ1n) is 5.29. The highest BCUT2D eigenvalue weighted by atomic mass is 16.6. The van der Waals surface area contributed by atoms with Crippen molar-refractivity contribution < 1.29 is 4.92 Å². The molecule has 1 aromatic heterocycles. The Morgan fingerprint density at radius 2 is 2.17 bits per heavy atom. The molecule has 18 heavy (non-hydrogen) atoms. The summed E-state index contributed by atoms with van der Waals surface area (Å²) >= 11 is 0. The first-order valence-corrected chi connectivity index (χ1v) is 5.29. The van der Waals surface area contributed by atoms with Crippen LogP contribution in [0.2, 0.25) is 0 Å². The maximum absolute atomic E-state index is 10.8. The van der Waals surface area contributed by atoms with E-state index in [0.717, 1.165) is 0 Å². The van der Waals surface area contributed by atoms with E-state index in [9.17, 15) is 10.1 Å². The fraction of sp³-hybridized carbons (Fsp3) is 0.0833. The van der Waals surface area contributed by atoms with Gasteiger partial charge >= 0.3 is 0 Å². The lowest BCUT2D eigenvalue weighted by molar-refractivity contribution is -0.385. The highest BCUT2D eigenvalue weighted by Gasteiger charge is 2.11. The van der Waals surface area contributed by atoms with E-state index in [2.05, 4.69) is 10.3 Å². The van der Waals surface area contributed by atoms with Gasteiger partial charge in [0.2, 0.25) is 0 Å². The third kappa shape index (κ3) is 2.37. The van der Waals surface area contributed by atoms with E-state index < -0.39 is 4.92 Å². The minimum atomic E-state index is -0.406. The lowest BCUT2D eigenvalue weighted by Gasteiger charge is -2.09. The van der Waals surface area contributed by atoms with Crippen molar-refractivity contribution in [3.63, 3.8) is 0 Å². The molecule has 0 aliphatic carbocycles. The SMILES string of the molecule is Cc1ccc(Nc2ccncc2N)cc1[N+](=O)[O-]. The van der Waals surface area contributed by atoms with Crippen molar-refractivity contribution in [1.29, 1.82) is 0 Å². The monoisotopic (exact) mass is 244 g/mol. The number of nitrogens with zero attached hydrogens (tertiary/aromatic N) is 2. The van der Waals surface area contributed by atoms with Crippen LogP contribution in [0.5, 0.6) is 0 Å². The lowest BCUT2D eigenvalue weighted by atomic mass is 10.2. The molecule has 0 fully saturated rings. The van der Waals surface area contributed by atoms with Crippen LogP contribution in [-0.2, 0) is 0 Å². The van der Waals surface area contributed by atoms with E-state index in [1.165, 1.54) is 12.3 Å². The predicted molar refractivity (Wildman–Crippen MR) is 69.8 cm³/mol. The minimum absolute atomic E-state index is 0.0765. The molecule has 0 amide bonds. The third-order valence-electron chi connectivity index (χ3n) is 2.54. The number of benzene rings is 1. The Bertz CT molecular complexity index is 598. The zero-order valence-electron chi connectivity index (χ0n) is 9.75. The van der Waals surface area contributed by atoms with Crippen LogP contribution in [0.1, 0.15) is 5.56 Å². The summed E-state index contributed by atoms with van der Waals surface area (Å²) in [5.74, 6) is 0. The summed E-state index contributed by atoms with van der Waals surface area (Å²) in [6, 6.07) is 6.65. The summed E-state index contributed by atoms with van der Waals surface area (Å²) in [5, 5.41) is 13.9. The van der Waals surface area contributed by atoms with E-state index >= 15 is 0 Å². The molecular weight excluding hydrogens is 232 g/mol. The Hall–Kier alpha value is -2.63. The molecule has 2 aromatic rings. The molecule has 3 N–H and O–H groups in total.